The van der Waals surface area contributed by atoms with Crippen LogP contribution in [0.2, 0.25) is 0 Å². The fourth-order valence-electron chi connectivity index (χ4n) is 2.56. The summed E-state index contributed by atoms with van der Waals surface area (Å²) in [6.07, 6.45) is 3.89. The lowest BCUT2D eigenvalue weighted by atomic mass is 10.2. The van der Waals surface area contributed by atoms with Crippen molar-refractivity contribution in [1.29, 1.82) is 0 Å². The van der Waals surface area contributed by atoms with E-state index in [-0.39, 0.29) is 11.4 Å². The normalized spacial score (nSPS) is 20.6. The number of carboxylic acids is 1. The van der Waals surface area contributed by atoms with Gasteiger partial charge >= 0.3 is 5.97 Å². The highest BCUT2D eigenvalue weighted by molar-refractivity contribution is 5.88. The highest BCUT2D eigenvalue weighted by Gasteiger charge is 2.32. The molecule has 2 heterocycles. The van der Waals surface area contributed by atoms with Gasteiger partial charge in [-0.1, -0.05) is 0 Å². The third-order valence-electron chi connectivity index (χ3n) is 3.78. The SMILES string of the molecule is O=C(O)c1ccnc(N2CCN(C3CC3)CC2)c1F. The number of halogens is 1. The van der Waals surface area contributed by atoms with Crippen molar-refractivity contribution in [3.8, 4) is 0 Å². The zero-order chi connectivity index (χ0) is 13.4. The lowest BCUT2D eigenvalue weighted by Crippen LogP contribution is -2.47. The van der Waals surface area contributed by atoms with Crippen LogP contribution in [0.15, 0.2) is 12.3 Å². The maximum absolute atomic E-state index is 14.1. The van der Waals surface area contributed by atoms with Crippen LogP contribution in [-0.2, 0) is 0 Å². The second-order valence-corrected chi connectivity index (χ2v) is 5.06. The molecule has 3 rings (SSSR count). The standard InChI is InChI=1S/C13H16FN3O2/c14-11-10(13(18)19)3-4-15-12(11)17-7-5-16(6-8-17)9-1-2-9/h3-4,9H,1-2,5-8H2,(H,18,19). The highest BCUT2D eigenvalue weighted by Crippen LogP contribution is 2.29. The Hall–Kier alpha value is -1.69. The number of carbonyl (C=O) groups is 1. The number of aromatic nitrogens is 1. The molecule has 0 spiro atoms. The fraction of sp³-hybridized carbons (Fsp3) is 0.538. The van der Waals surface area contributed by atoms with Crippen LogP contribution in [0, 0.1) is 5.82 Å². The molecule has 1 aromatic heterocycles. The predicted molar refractivity (Wildman–Crippen MR) is 68.0 cm³/mol. The van der Waals surface area contributed by atoms with Crippen molar-refractivity contribution in [2.45, 2.75) is 18.9 Å². The van der Waals surface area contributed by atoms with Crippen molar-refractivity contribution in [2.24, 2.45) is 0 Å². The molecule has 2 aliphatic rings. The van der Waals surface area contributed by atoms with E-state index in [0.717, 1.165) is 13.1 Å². The third kappa shape index (κ3) is 2.40. The Bertz CT molecular complexity index is 497. The number of pyridine rings is 1. The van der Waals surface area contributed by atoms with Gasteiger partial charge in [-0.05, 0) is 18.9 Å². The molecule has 1 N–H and O–H groups in total. The Kier molecular flexibility index (Phi) is 3.10. The van der Waals surface area contributed by atoms with Crippen LogP contribution in [-0.4, -0.2) is 53.2 Å². The van der Waals surface area contributed by atoms with Crippen molar-refractivity contribution in [3.05, 3.63) is 23.6 Å². The first-order valence-electron chi connectivity index (χ1n) is 6.53. The Labute approximate surface area is 110 Å². The fourth-order valence-corrected chi connectivity index (χ4v) is 2.56. The summed E-state index contributed by atoms with van der Waals surface area (Å²) in [6, 6.07) is 1.91. The molecule has 6 heteroatoms. The molecule has 0 bridgehead atoms. The molecule has 0 atom stereocenters. The molecule has 0 unspecified atom stereocenters. The molecule has 19 heavy (non-hydrogen) atoms. The molecule has 0 radical (unpaired) electrons. The van der Waals surface area contributed by atoms with Crippen molar-refractivity contribution in [3.63, 3.8) is 0 Å². The van der Waals surface area contributed by atoms with Crippen LogP contribution in [0.4, 0.5) is 10.2 Å². The van der Waals surface area contributed by atoms with E-state index >= 15 is 0 Å². The average Bonchev–Trinajstić information content (AvgIpc) is 3.23. The summed E-state index contributed by atoms with van der Waals surface area (Å²) in [4.78, 5) is 19.2. The van der Waals surface area contributed by atoms with E-state index in [2.05, 4.69) is 9.88 Å². The number of aromatic carboxylic acids is 1. The van der Waals surface area contributed by atoms with E-state index in [1.54, 1.807) is 0 Å². The van der Waals surface area contributed by atoms with Crippen LogP contribution in [0.3, 0.4) is 0 Å². The molecular formula is C13H16FN3O2. The highest BCUT2D eigenvalue weighted by atomic mass is 19.1. The zero-order valence-corrected chi connectivity index (χ0v) is 10.5. The maximum Gasteiger partial charge on any atom is 0.338 e. The maximum atomic E-state index is 14.1. The van der Waals surface area contributed by atoms with Gasteiger partial charge in [0.2, 0.25) is 0 Å². The van der Waals surface area contributed by atoms with Gasteiger partial charge in [0.25, 0.3) is 0 Å². The lowest BCUT2D eigenvalue weighted by molar-refractivity contribution is 0.0691. The van der Waals surface area contributed by atoms with E-state index in [1.165, 1.54) is 25.1 Å². The van der Waals surface area contributed by atoms with Crippen molar-refractivity contribution >= 4 is 11.8 Å². The summed E-state index contributed by atoms with van der Waals surface area (Å²) in [5.41, 5.74) is -0.311. The van der Waals surface area contributed by atoms with Gasteiger partial charge in [0.05, 0.1) is 0 Å². The van der Waals surface area contributed by atoms with Gasteiger partial charge in [-0.25, -0.2) is 14.2 Å². The summed E-state index contributed by atoms with van der Waals surface area (Å²) in [5, 5.41) is 8.92. The van der Waals surface area contributed by atoms with Crippen LogP contribution in [0.5, 0.6) is 0 Å². The smallest absolute Gasteiger partial charge is 0.338 e. The average molecular weight is 265 g/mol. The number of piperazine rings is 1. The van der Waals surface area contributed by atoms with Crippen LogP contribution < -0.4 is 4.90 Å². The molecule has 1 aromatic rings. The zero-order valence-electron chi connectivity index (χ0n) is 10.5. The third-order valence-corrected chi connectivity index (χ3v) is 3.78. The van der Waals surface area contributed by atoms with Gasteiger partial charge in [-0.15, -0.1) is 0 Å². The largest absolute Gasteiger partial charge is 0.478 e. The molecular weight excluding hydrogens is 249 g/mol. The molecule has 1 aliphatic heterocycles. The molecule has 5 nitrogen and oxygen atoms in total. The first kappa shape index (κ1) is 12.3. The molecule has 1 saturated heterocycles. The lowest BCUT2D eigenvalue weighted by Gasteiger charge is -2.35. The first-order chi connectivity index (χ1) is 9.16. The summed E-state index contributed by atoms with van der Waals surface area (Å²) in [7, 11) is 0. The monoisotopic (exact) mass is 265 g/mol. The number of hydrogen-bond acceptors (Lipinski definition) is 4. The number of anilines is 1. The Morgan fingerprint density at radius 1 is 1.32 bits per heavy atom. The molecule has 1 saturated carbocycles. The minimum Gasteiger partial charge on any atom is -0.478 e. The van der Waals surface area contributed by atoms with E-state index < -0.39 is 11.8 Å². The van der Waals surface area contributed by atoms with Crippen LogP contribution >= 0.6 is 0 Å². The van der Waals surface area contributed by atoms with Gasteiger partial charge < -0.3 is 10.0 Å². The minimum atomic E-state index is -1.25. The van der Waals surface area contributed by atoms with Crippen molar-refractivity contribution < 1.29 is 14.3 Å². The number of carboxylic acid groups (broad SMARTS) is 1. The van der Waals surface area contributed by atoms with Gasteiger partial charge in [-0.3, -0.25) is 4.90 Å². The summed E-state index contributed by atoms with van der Waals surface area (Å²) < 4.78 is 14.1. The number of hydrogen-bond donors (Lipinski definition) is 1. The van der Waals surface area contributed by atoms with Gasteiger partial charge in [0, 0.05) is 38.4 Å². The summed E-state index contributed by atoms with van der Waals surface area (Å²) in [6.45, 7) is 3.18. The minimum absolute atomic E-state index is 0.162. The Balaban J connectivity index is 1.75. The van der Waals surface area contributed by atoms with Gasteiger partial charge in [0.1, 0.15) is 5.56 Å². The number of rotatable bonds is 3. The van der Waals surface area contributed by atoms with Crippen molar-refractivity contribution in [1.82, 2.24) is 9.88 Å². The second-order valence-electron chi connectivity index (χ2n) is 5.06. The predicted octanol–water partition coefficient (Wildman–Crippen LogP) is 1.20. The summed E-state index contributed by atoms with van der Waals surface area (Å²) in [5.74, 6) is -1.82. The first-order valence-corrected chi connectivity index (χ1v) is 6.53. The number of nitrogens with zero attached hydrogens (tertiary/aromatic N) is 3. The van der Waals surface area contributed by atoms with Crippen LogP contribution in [0.1, 0.15) is 23.2 Å². The van der Waals surface area contributed by atoms with E-state index in [0.29, 0.717) is 19.1 Å². The quantitative estimate of drug-likeness (QED) is 0.890. The van der Waals surface area contributed by atoms with E-state index in [9.17, 15) is 9.18 Å². The topological polar surface area (TPSA) is 56.7 Å². The molecule has 0 amide bonds. The van der Waals surface area contributed by atoms with Gasteiger partial charge in [-0.2, -0.15) is 0 Å². The van der Waals surface area contributed by atoms with Gasteiger partial charge in [0.15, 0.2) is 11.6 Å². The second kappa shape index (κ2) is 4.77. The Morgan fingerprint density at radius 3 is 2.58 bits per heavy atom. The van der Waals surface area contributed by atoms with Crippen molar-refractivity contribution in [2.75, 3.05) is 31.1 Å². The van der Waals surface area contributed by atoms with E-state index in [4.69, 9.17) is 5.11 Å². The Morgan fingerprint density at radius 2 is 2.00 bits per heavy atom. The molecule has 1 aliphatic carbocycles. The molecule has 2 fully saturated rings. The van der Waals surface area contributed by atoms with E-state index in [1.807, 2.05) is 4.90 Å². The summed E-state index contributed by atoms with van der Waals surface area (Å²) >= 11 is 0. The molecule has 0 aromatic carbocycles. The molecule has 102 valence electrons. The van der Waals surface area contributed by atoms with Crippen LogP contribution in [0.25, 0.3) is 0 Å².